The summed E-state index contributed by atoms with van der Waals surface area (Å²) in [6.07, 6.45) is 1.85. The molecular weight excluding hydrogens is 286 g/mol. The largest absolute Gasteiger partial charge is 0.497 e. The van der Waals surface area contributed by atoms with Gasteiger partial charge in [-0.05, 0) is 49.5 Å². The Morgan fingerprint density at radius 3 is 2.26 bits per heavy atom. The zero-order valence-corrected chi connectivity index (χ0v) is 14.4. The van der Waals surface area contributed by atoms with Crippen LogP contribution in [0.2, 0.25) is 0 Å². The van der Waals surface area contributed by atoms with Gasteiger partial charge in [0.15, 0.2) is 0 Å². The van der Waals surface area contributed by atoms with Crippen molar-refractivity contribution in [2.24, 2.45) is 0 Å². The van der Waals surface area contributed by atoms with Gasteiger partial charge in [0.05, 0.1) is 19.3 Å². The van der Waals surface area contributed by atoms with Crippen LogP contribution in [-0.2, 0) is 6.54 Å². The third kappa shape index (κ3) is 5.25. The van der Waals surface area contributed by atoms with Crippen molar-refractivity contribution in [3.05, 3.63) is 54.4 Å². The summed E-state index contributed by atoms with van der Waals surface area (Å²) >= 11 is 0. The number of hydrogen-bond acceptors (Lipinski definition) is 4. The van der Waals surface area contributed by atoms with Crippen molar-refractivity contribution in [3.63, 3.8) is 0 Å². The highest BCUT2D eigenvalue weighted by molar-refractivity contribution is 5.49. The van der Waals surface area contributed by atoms with E-state index in [1.165, 1.54) is 5.69 Å². The van der Waals surface area contributed by atoms with Crippen LogP contribution < -0.4 is 9.64 Å². The van der Waals surface area contributed by atoms with Crippen LogP contribution in [-0.4, -0.2) is 43.2 Å². The first kappa shape index (κ1) is 17.3. The van der Waals surface area contributed by atoms with Crippen LogP contribution in [0, 0.1) is 0 Å². The predicted molar refractivity (Wildman–Crippen MR) is 96.1 cm³/mol. The van der Waals surface area contributed by atoms with E-state index in [4.69, 9.17) is 4.74 Å². The maximum atomic E-state index is 5.26. The van der Waals surface area contributed by atoms with Gasteiger partial charge in [-0.15, -0.1) is 0 Å². The number of likely N-dealkylation sites (N-methyl/N-ethyl adjacent to an activating group) is 1. The molecule has 0 amide bonds. The summed E-state index contributed by atoms with van der Waals surface area (Å²) in [6, 6.07) is 14.3. The molecule has 1 heterocycles. The molecule has 0 atom stereocenters. The Balaban J connectivity index is 2.12. The number of aromatic nitrogens is 1. The summed E-state index contributed by atoms with van der Waals surface area (Å²) < 4.78 is 5.26. The number of benzene rings is 1. The molecule has 0 bridgehead atoms. The highest BCUT2D eigenvalue weighted by Gasteiger charge is 2.10. The Morgan fingerprint density at radius 1 is 0.957 bits per heavy atom. The second-order valence-corrected chi connectivity index (χ2v) is 5.47. The molecule has 2 rings (SSSR count). The Bertz CT molecular complexity index is 553. The average Bonchev–Trinajstić information content (AvgIpc) is 2.62. The molecule has 0 fully saturated rings. The van der Waals surface area contributed by atoms with Crippen LogP contribution in [0.4, 0.5) is 5.69 Å². The van der Waals surface area contributed by atoms with Crippen LogP contribution in [0.15, 0.2) is 48.7 Å². The normalized spacial score (nSPS) is 10.8. The van der Waals surface area contributed by atoms with Gasteiger partial charge in [0.1, 0.15) is 5.75 Å². The number of rotatable bonds is 9. The van der Waals surface area contributed by atoms with Gasteiger partial charge in [0.2, 0.25) is 0 Å². The minimum Gasteiger partial charge on any atom is -0.497 e. The highest BCUT2D eigenvalue weighted by Crippen LogP contribution is 2.20. The zero-order valence-electron chi connectivity index (χ0n) is 14.4. The summed E-state index contributed by atoms with van der Waals surface area (Å²) in [6.45, 7) is 9.41. The van der Waals surface area contributed by atoms with Gasteiger partial charge in [0, 0.05) is 25.0 Å². The molecule has 0 N–H and O–H groups in total. The van der Waals surface area contributed by atoms with Gasteiger partial charge in [0.25, 0.3) is 0 Å². The fourth-order valence-electron chi connectivity index (χ4n) is 2.58. The highest BCUT2D eigenvalue weighted by atomic mass is 16.5. The molecule has 0 saturated heterocycles. The van der Waals surface area contributed by atoms with E-state index in [9.17, 15) is 0 Å². The Labute approximate surface area is 139 Å². The minimum absolute atomic E-state index is 0.814. The summed E-state index contributed by atoms with van der Waals surface area (Å²) in [4.78, 5) is 9.28. The number of ether oxygens (including phenoxy) is 1. The lowest BCUT2D eigenvalue weighted by atomic mass is 10.2. The molecule has 0 spiro atoms. The fraction of sp³-hybridized carbons (Fsp3) is 0.421. The molecule has 124 valence electrons. The molecule has 0 saturated carbocycles. The standard InChI is InChI=1S/C19H27N3O/c1-4-21(5-2)14-15-22(16-17-8-6-7-13-20-17)18-9-11-19(23-3)12-10-18/h6-13H,4-5,14-16H2,1-3H3. The van der Waals surface area contributed by atoms with E-state index < -0.39 is 0 Å². The van der Waals surface area contributed by atoms with Crippen molar-refractivity contribution in [2.45, 2.75) is 20.4 Å². The van der Waals surface area contributed by atoms with Gasteiger partial charge in [-0.1, -0.05) is 19.9 Å². The van der Waals surface area contributed by atoms with Crippen LogP contribution in [0.5, 0.6) is 5.75 Å². The van der Waals surface area contributed by atoms with Crippen molar-refractivity contribution in [3.8, 4) is 5.75 Å². The average molecular weight is 313 g/mol. The van der Waals surface area contributed by atoms with E-state index >= 15 is 0 Å². The third-order valence-electron chi connectivity index (χ3n) is 4.10. The van der Waals surface area contributed by atoms with E-state index in [1.807, 2.05) is 30.5 Å². The second-order valence-electron chi connectivity index (χ2n) is 5.47. The van der Waals surface area contributed by atoms with E-state index in [-0.39, 0.29) is 0 Å². The molecular formula is C19H27N3O. The molecule has 0 aliphatic heterocycles. The van der Waals surface area contributed by atoms with Crippen LogP contribution in [0.1, 0.15) is 19.5 Å². The summed E-state index contributed by atoms with van der Waals surface area (Å²) in [5, 5.41) is 0. The summed E-state index contributed by atoms with van der Waals surface area (Å²) in [5.41, 5.74) is 2.28. The number of pyridine rings is 1. The maximum Gasteiger partial charge on any atom is 0.119 e. The van der Waals surface area contributed by atoms with Crippen molar-refractivity contribution in [1.82, 2.24) is 9.88 Å². The Kier molecular flexibility index (Phi) is 6.88. The van der Waals surface area contributed by atoms with Crippen molar-refractivity contribution in [2.75, 3.05) is 38.2 Å². The smallest absolute Gasteiger partial charge is 0.119 e. The Morgan fingerprint density at radius 2 is 1.70 bits per heavy atom. The van der Waals surface area contributed by atoms with Crippen LogP contribution >= 0.6 is 0 Å². The van der Waals surface area contributed by atoms with E-state index in [0.29, 0.717) is 0 Å². The number of anilines is 1. The first-order chi connectivity index (χ1) is 11.3. The second kappa shape index (κ2) is 9.16. The summed E-state index contributed by atoms with van der Waals surface area (Å²) in [7, 11) is 1.70. The van der Waals surface area contributed by atoms with Gasteiger partial charge in [-0.3, -0.25) is 4.98 Å². The van der Waals surface area contributed by atoms with Gasteiger partial charge in [-0.25, -0.2) is 0 Å². The molecule has 2 aromatic rings. The first-order valence-electron chi connectivity index (χ1n) is 8.28. The van der Waals surface area contributed by atoms with Crippen molar-refractivity contribution in [1.29, 1.82) is 0 Å². The van der Waals surface area contributed by atoms with Crippen LogP contribution in [0.25, 0.3) is 0 Å². The van der Waals surface area contributed by atoms with Gasteiger partial charge in [-0.2, -0.15) is 0 Å². The molecule has 0 unspecified atom stereocenters. The molecule has 0 aliphatic rings. The monoisotopic (exact) mass is 313 g/mol. The molecule has 23 heavy (non-hydrogen) atoms. The molecule has 1 aromatic heterocycles. The SMILES string of the molecule is CCN(CC)CCN(Cc1ccccn1)c1ccc(OC)cc1. The molecule has 0 radical (unpaired) electrons. The first-order valence-corrected chi connectivity index (χ1v) is 8.28. The molecule has 0 aliphatic carbocycles. The fourth-order valence-corrected chi connectivity index (χ4v) is 2.58. The van der Waals surface area contributed by atoms with Crippen LogP contribution in [0.3, 0.4) is 0 Å². The predicted octanol–water partition coefficient (Wildman–Crippen LogP) is 3.44. The topological polar surface area (TPSA) is 28.6 Å². The van der Waals surface area contributed by atoms with E-state index in [0.717, 1.165) is 44.2 Å². The van der Waals surface area contributed by atoms with E-state index in [1.54, 1.807) is 7.11 Å². The molecule has 1 aromatic carbocycles. The number of nitrogens with zero attached hydrogens (tertiary/aromatic N) is 3. The lowest BCUT2D eigenvalue weighted by Crippen LogP contribution is -2.35. The minimum atomic E-state index is 0.814. The lowest BCUT2D eigenvalue weighted by molar-refractivity contribution is 0.309. The van der Waals surface area contributed by atoms with E-state index in [2.05, 4.69) is 46.8 Å². The van der Waals surface area contributed by atoms with Crippen molar-refractivity contribution >= 4 is 5.69 Å². The van der Waals surface area contributed by atoms with Gasteiger partial charge < -0.3 is 14.5 Å². The number of methoxy groups -OCH3 is 1. The quantitative estimate of drug-likeness (QED) is 0.709. The number of hydrogen-bond donors (Lipinski definition) is 0. The van der Waals surface area contributed by atoms with Gasteiger partial charge >= 0.3 is 0 Å². The molecule has 4 nitrogen and oxygen atoms in total. The summed E-state index contributed by atoms with van der Waals surface area (Å²) in [5.74, 6) is 0.885. The molecule has 4 heteroatoms. The zero-order chi connectivity index (χ0) is 16.5. The Hall–Kier alpha value is -2.07. The lowest BCUT2D eigenvalue weighted by Gasteiger charge is -2.28. The van der Waals surface area contributed by atoms with Crippen molar-refractivity contribution < 1.29 is 4.74 Å². The maximum absolute atomic E-state index is 5.26. The third-order valence-corrected chi connectivity index (χ3v) is 4.10.